The number of aromatic nitrogens is 2. The third-order valence-corrected chi connectivity index (χ3v) is 5.06. The molecule has 7 nitrogen and oxygen atoms in total. The van der Waals surface area contributed by atoms with Gasteiger partial charge < -0.3 is 16.2 Å². The van der Waals surface area contributed by atoms with Crippen LogP contribution in [-0.2, 0) is 16.0 Å². The summed E-state index contributed by atoms with van der Waals surface area (Å²) in [5.41, 5.74) is 10.3. The minimum atomic E-state index is -4.69. The minimum Gasteiger partial charge on any atom is -0.495 e. The largest absolute Gasteiger partial charge is 0.495 e. The summed E-state index contributed by atoms with van der Waals surface area (Å²) in [5, 5.41) is -0.300. The molecular weight excluding hydrogens is 385 g/mol. The van der Waals surface area contributed by atoms with Gasteiger partial charge in [-0.15, -0.1) is 0 Å². The summed E-state index contributed by atoms with van der Waals surface area (Å²) in [6, 6.07) is 4.96. The van der Waals surface area contributed by atoms with Gasteiger partial charge in [0.15, 0.2) is 9.84 Å². The molecule has 0 fully saturated rings. The second kappa shape index (κ2) is 6.05. The molecule has 0 aliphatic heterocycles. The molecule has 0 aliphatic rings. The lowest BCUT2D eigenvalue weighted by Crippen LogP contribution is -2.05. The first-order chi connectivity index (χ1) is 12.4. The molecule has 4 N–H and O–H groups in total. The third kappa shape index (κ3) is 3.25. The van der Waals surface area contributed by atoms with E-state index in [0.29, 0.717) is 0 Å². The molecule has 144 valence electrons. The number of nitrogens with two attached hydrogens (primary N) is 2. The lowest BCUT2D eigenvalue weighted by molar-refractivity contribution is -0.136. The summed E-state index contributed by atoms with van der Waals surface area (Å²) in [5.74, 6) is -0.00820. The zero-order valence-corrected chi connectivity index (χ0v) is 15.0. The van der Waals surface area contributed by atoms with E-state index in [4.69, 9.17) is 16.2 Å². The van der Waals surface area contributed by atoms with E-state index in [-0.39, 0.29) is 38.9 Å². The normalized spacial score (nSPS) is 12.5. The summed E-state index contributed by atoms with van der Waals surface area (Å²) in [6.07, 6.45) is -2.85. The molecule has 0 amide bonds. The molecule has 0 spiro atoms. The van der Waals surface area contributed by atoms with E-state index in [0.717, 1.165) is 23.1 Å². The van der Waals surface area contributed by atoms with Gasteiger partial charge in [0.25, 0.3) is 0 Å². The Bertz CT molecular complexity index is 1150. The minimum absolute atomic E-state index is 0.0393. The van der Waals surface area contributed by atoms with Crippen molar-refractivity contribution in [2.45, 2.75) is 11.1 Å². The standard InChI is InChI=1S/C16H15F3N4O3S/c1-26-12-5-8(27(2,24)25)3-4-11(12)23-7-9(16(17,18)19)14-10(20)6-13(21)22-15(14)23/h3-7H,1-2H3,(H4,20,21,22). The number of fused-ring (bicyclic) bond motifs is 1. The first kappa shape index (κ1) is 18.8. The second-order valence-corrected chi connectivity index (χ2v) is 7.87. The van der Waals surface area contributed by atoms with Crippen molar-refractivity contribution in [2.24, 2.45) is 0 Å². The van der Waals surface area contributed by atoms with E-state index in [9.17, 15) is 21.6 Å². The summed E-state index contributed by atoms with van der Waals surface area (Å²) in [7, 11) is -2.26. The van der Waals surface area contributed by atoms with Crippen molar-refractivity contribution in [3.63, 3.8) is 0 Å². The molecule has 0 unspecified atom stereocenters. The highest BCUT2D eigenvalue weighted by Crippen LogP contribution is 2.41. The Kier molecular flexibility index (Phi) is 4.22. The number of methoxy groups -OCH3 is 1. The summed E-state index contributed by atoms with van der Waals surface area (Å²) >= 11 is 0. The van der Waals surface area contributed by atoms with Gasteiger partial charge in [0.2, 0.25) is 0 Å². The predicted molar refractivity (Wildman–Crippen MR) is 94.6 cm³/mol. The highest BCUT2D eigenvalue weighted by Gasteiger charge is 2.36. The number of hydrogen-bond acceptors (Lipinski definition) is 6. The van der Waals surface area contributed by atoms with Crippen LogP contribution in [0.1, 0.15) is 5.56 Å². The number of nitrogen functional groups attached to an aromatic ring is 2. The van der Waals surface area contributed by atoms with Crippen molar-refractivity contribution in [1.29, 1.82) is 0 Å². The number of hydrogen-bond donors (Lipinski definition) is 2. The molecule has 0 radical (unpaired) electrons. The Morgan fingerprint density at radius 3 is 2.41 bits per heavy atom. The number of rotatable bonds is 3. The monoisotopic (exact) mass is 400 g/mol. The van der Waals surface area contributed by atoms with E-state index >= 15 is 0 Å². The Morgan fingerprint density at radius 2 is 1.85 bits per heavy atom. The second-order valence-electron chi connectivity index (χ2n) is 5.85. The molecule has 0 atom stereocenters. The number of halogens is 3. The molecule has 3 rings (SSSR count). The number of pyridine rings is 1. The molecule has 2 heterocycles. The number of nitrogens with zero attached hydrogens (tertiary/aromatic N) is 2. The Morgan fingerprint density at radius 1 is 1.19 bits per heavy atom. The lowest BCUT2D eigenvalue weighted by Gasteiger charge is -2.12. The van der Waals surface area contributed by atoms with Crippen LogP contribution < -0.4 is 16.2 Å². The van der Waals surface area contributed by atoms with Gasteiger partial charge in [-0.2, -0.15) is 13.2 Å². The van der Waals surface area contributed by atoms with Crippen molar-refractivity contribution in [1.82, 2.24) is 9.55 Å². The summed E-state index contributed by atoms with van der Waals surface area (Å²) < 4.78 is 70.2. The van der Waals surface area contributed by atoms with Crippen LogP contribution in [0.4, 0.5) is 24.7 Å². The molecule has 0 saturated carbocycles. The molecule has 27 heavy (non-hydrogen) atoms. The highest BCUT2D eigenvalue weighted by atomic mass is 32.2. The van der Waals surface area contributed by atoms with Gasteiger partial charge in [0, 0.05) is 30.3 Å². The zero-order chi connectivity index (χ0) is 20.1. The van der Waals surface area contributed by atoms with Crippen molar-refractivity contribution >= 4 is 32.4 Å². The molecule has 3 aromatic rings. The molecule has 0 aliphatic carbocycles. The molecule has 1 aromatic carbocycles. The molecular formula is C16H15F3N4O3S. The number of anilines is 2. The first-order valence-electron chi connectivity index (χ1n) is 7.46. The Labute approximate surface area is 152 Å². The fraction of sp³-hybridized carbons (Fsp3) is 0.188. The maximum Gasteiger partial charge on any atom is 0.418 e. The van der Waals surface area contributed by atoms with Crippen LogP contribution in [0.3, 0.4) is 0 Å². The topological polar surface area (TPSA) is 113 Å². The van der Waals surface area contributed by atoms with Gasteiger partial charge in [-0.1, -0.05) is 0 Å². The van der Waals surface area contributed by atoms with Gasteiger partial charge in [-0.25, -0.2) is 13.4 Å². The highest BCUT2D eigenvalue weighted by molar-refractivity contribution is 7.90. The average Bonchev–Trinajstić information content (AvgIpc) is 2.93. The van der Waals surface area contributed by atoms with Crippen molar-refractivity contribution in [2.75, 3.05) is 24.8 Å². The van der Waals surface area contributed by atoms with Crippen molar-refractivity contribution < 1.29 is 26.3 Å². The van der Waals surface area contributed by atoms with Gasteiger partial charge >= 0.3 is 6.18 Å². The van der Waals surface area contributed by atoms with Gasteiger partial charge in [-0.3, -0.25) is 4.57 Å². The van der Waals surface area contributed by atoms with Crippen molar-refractivity contribution in [3.05, 3.63) is 36.0 Å². The SMILES string of the molecule is COc1cc(S(C)(=O)=O)ccc1-n1cc(C(F)(F)F)c2c(N)cc(N)nc21. The van der Waals surface area contributed by atoms with Crippen molar-refractivity contribution in [3.8, 4) is 11.4 Å². The maximum absolute atomic E-state index is 13.5. The van der Waals surface area contributed by atoms with Crippen LogP contribution >= 0.6 is 0 Å². The van der Waals surface area contributed by atoms with Gasteiger partial charge in [-0.05, 0) is 12.1 Å². The number of ether oxygens (including phenoxy) is 1. The maximum atomic E-state index is 13.5. The number of sulfone groups is 1. The summed E-state index contributed by atoms with van der Waals surface area (Å²) in [4.78, 5) is 3.94. The number of benzene rings is 1. The third-order valence-electron chi connectivity index (χ3n) is 3.95. The smallest absolute Gasteiger partial charge is 0.418 e. The predicted octanol–water partition coefficient (Wildman–Crippen LogP) is 2.62. The van der Waals surface area contributed by atoms with Gasteiger partial charge in [0.1, 0.15) is 17.2 Å². The first-order valence-corrected chi connectivity index (χ1v) is 9.35. The quantitative estimate of drug-likeness (QED) is 0.699. The van der Waals surface area contributed by atoms with E-state index in [1.165, 1.54) is 25.3 Å². The Balaban J connectivity index is 2.39. The Hall–Kier alpha value is -2.95. The molecule has 0 bridgehead atoms. The van der Waals surface area contributed by atoms with E-state index < -0.39 is 21.6 Å². The van der Waals surface area contributed by atoms with E-state index in [1.807, 2.05) is 0 Å². The van der Waals surface area contributed by atoms with Crippen LogP contribution in [0.5, 0.6) is 5.75 Å². The molecule has 2 aromatic heterocycles. The van der Waals surface area contributed by atoms with Crippen LogP contribution in [0.15, 0.2) is 35.4 Å². The lowest BCUT2D eigenvalue weighted by atomic mass is 10.2. The van der Waals surface area contributed by atoms with Crippen LogP contribution in [0.2, 0.25) is 0 Å². The summed E-state index contributed by atoms with van der Waals surface area (Å²) in [6.45, 7) is 0. The molecule has 11 heteroatoms. The zero-order valence-electron chi connectivity index (χ0n) is 14.2. The number of alkyl halides is 3. The fourth-order valence-corrected chi connectivity index (χ4v) is 3.40. The average molecular weight is 400 g/mol. The van der Waals surface area contributed by atoms with Gasteiger partial charge in [0.05, 0.1) is 28.6 Å². The molecule has 0 saturated heterocycles. The van der Waals surface area contributed by atoms with E-state index in [2.05, 4.69) is 4.98 Å². The van der Waals surface area contributed by atoms with E-state index in [1.54, 1.807) is 0 Å². The van der Waals surface area contributed by atoms with Crippen LogP contribution in [-0.4, -0.2) is 31.3 Å². The van der Waals surface area contributed by atoms with Crippen LogP contribution in [0, 0.1) is 0 Å². The van der Waals surface area contributed by atoms with Crippen LogP contribution in [0.25, 0.3) is 16.7 Å². The fourth-order valence-electron chi connectivity index (χ4n) is 2.76.